The monoisotopic (exact) mass is 441 g/mol. The first-order valence-corrected chi connectivity index (χ1v) is 11.0. The molecule has 1 unspecified atom stereocenters. The van der Waals surface area contributed by atoms with Crippen LogP contribution < -0.4 is 14.5 Å². The van der Waals surface area contributed by atoms with Crippen LogP contribution >= 0.6 is 0 Å². The quantitative estimate of drug-likeness (QED) is 0.380. The van der Waals surface area contributed by atoms with Gasteiger partial charge < -0.3 is 14.5 Å². The van der Waals surface area contributed by atoms with Gasteiger partial charge in [0.1, 0.15) is 5.75 Å². The van der Waals surface area contributed by atoms with Gasteiger partial charge in [-0.25, -0.2) is 0 Å². The van der Waals surface area contributed by atoms with Gasteiger partial charge in [-0.15, -0.1) is 0 Å². The molecule has 1 atom stereocenters. The molecule has 3 aromatic rings. The summed E-state index contributed by atoms with van der Waals surface area (Å²) in [6.07, 6.45) is 4.25. The second kappa shape index (κ2) is 7.37. The highest BCUT2D eigenvalue weighted by Gasteiger charge is 2.59. The number of anilines is 2. The van der Waals surface area contributed by atoms with Crippen LogP contribution in [-0.4, -0.2) is 24.7 Å². The average Bonchev–Trinajstić information content (AvgIpc) is 3.00. The van der Waals surface area contributed by atoms with Crippen molar-refractivity contribution in [2.24, 2.45) is 0 Å². The summed E-state index contributed by atoms with van der Waals surface area (Å²) in [6, 6.07) is 21.6. The van der Waals surface area contributed by atoms with E-state index in [9.17, 15) is 10.1 Å². The fourth-order valence-electron chi connectivity index (χ4n) is 5.00. The van der Waals surface area contributed by atoms with E-state index in [2.05, 4.69) is 78.3 Å². The van der Waals surface area contributed by atoms with E-state index in [4.69, 9.17) is 4.74 Å². The molecule has 6 nitrogen and oxygen atoms in total. The van der Waals surface area contributed by atoms with Crippen LogP contribution in [0.1, 0.15) is 30.5 Å². The minimum absolute atomic E-state index is 0.0770. The lowest BCUT2D eigenvalue weighted by molar-refractivity contribution is -0.385. The Morgan fingerprint density at radius 3 is 2.48 bits per heavy atom. The predicted octanol–water partition coefficient (Wildman–Crippen LogP) is 5.76. The Bertz CT molecular complexity index is 1260. The Balaban J connectivity index is 1.63. The van der Waals surface area contributed by atoms with E-state index in [1.165, 1.54) is 11.6 Å². The van der Waals surface area contributed by atoms with Crippen molar-refractivity contribution in [3.8, 4) is 5.75 Å². The standard InChI is InChI=1S/C27H27N3O3/c1-26(2)23-7-5-6-8-24(23)29-18-20-17-22(30(31)32)13-14-25(20)33-27(26,29)16-15-19-9-11-21(12-10-19)28(3)4/h5-17H,18H2,1-4H3/b16-15+. The summed E-state index contributed by atoms with van der Waals surface area (Å²) in [5.41, 5.74) is 4.28. The van der Waals surface area contributed by atoms with Crippen LogP contribution in [0.25, 0.3) is 6.08 Å². The van der Waals surface area contributed by atoms with Crippen molar-refractivity contribution in [1.29, 1.82) is 0 Å². The summed E-state index contributed by atoms with van der Waals surface area (Å²) in [6.45, 7) is 4.92. The molecule has 0 fully saturated rings. The van der Waals surface area contributed by atoms with Gasteiger partial charge in [-0.2, -0.15) is 0 Å². The Morgan fingerprint density at radius 2 is 1.79 bits per heavy atom. The number of para-hydroxylation sites is 1. The van der Waals surface area contributed by atoms with Gasteiger partial charge in [0.05, 0.1) is 16.9 Å². The fourth-order valence-corrected chi connectivity index (χ4v) is 5.00. The molecule has 0 spiro atoms. The number of fused-ring (bicyclic) bond motifs is 4. The number of rotatable bonds is 4. The second-order valence-corrected chi connectivity index (χ2v) is 9.40. The van der Waals surface area contributed by atoms with Gasteiger partial charge in [-0.05, 0) is 55.3 Å². The summed E-state index contributed by atoms with van der Waals surface area (Å²) in [5, 5.41) is 11.3. The van der Waals surface area contributed by atoms with Crippen LogP contribution in [-0.2, 0) is 12.0 Å². The third-order valence-corrected chi connectivity index (χ3v) is 6.92. The molecule has 2 aliphatic rings. The highest BCUT2D eigenvalue weighted by molar-refractivity contribution is 5.71. The lowest BCUT2D eigenvalue weighted by Gasteiger charge is -2.48. The third kappa shape index (κ3) is 3.17. The Kier molecular flexibility index (Phi) is 4.71. The molecule has 0 bridgehead atoms. The van der Waals surface area contributed by atoms with E-state index in [0.29, 0.717) is 12.3 Å². The molecule has 168 valence electrons. The van der Waals surface area contributed by atoms with Crippen LogP contribution in [0, 0.1) is 10.1 Å². The van der Waals surface area contributed by atoms with Crippen molar-refractivity contribution in [2.45, 2.75) is 31.5 Å². The molecule has 0 N–H and O–H groups in total. The first-order valence-electron chi connectivity index (χ1n) is 11.0. The van der Waals surface area contributed by atoms with Gasteiger partial charge in [0.25, 0.3) is 5.69 Å². The Labute approximate surface area is 193 Å². The largest absolute Gasteiger partial charge is 0.463 e. The van der Waals surface area contributed by atoms with Gasteiger partial charge in [0.2, 0.25) is 5.72 Å². The molecule has 2 aliphatic heterocycles. The van der Waals surface area contributed by atoms with Crippen molar-refractivity contribution in [3.05, 3.63) is 99.6 Å². The van der Waals surface area contributed by atoms with Crippen molar-refractivity contribution >= 4 is 23.1 Å². The lowest BCUT2D eigenvalue weighted by Crippen LogP contribution is -2.60. The van der Waals surface area contributed by atoms with Crippen LogP contribution in [0.15, 0.2) is 72.8 Å². The molecule has 33 heavy (non-hydrogen) atoms. The van der Waals surface area contributed by atoms with E-state index in [1.807, 2.05) is 20.2 Å². The van der Waals surface area contributed by atoms with Crippen LogP contribution in [0.2, 0.25) is 0 Å². The first kappa shape index (κ1) is 21.1. The number of nitro groups is 1. The Hall–Kier alpha value is -3.80. The molecule has 0 saturated heterocycles. The molecular formula is C27H27N3O3. The van der Waals surface area contributed by atoms with Crippen LogP contribution in [0.5, 0.6) is 5.75 Å². The Morgan fingerprint density at radius 1 is 1.06 bits per heavy atom. The maximum atomic E-state index is 11.3. The normalized spacial score (nSPS) is 20.1. The summed E-state index contributed by atoms with van der Waals surface area (Å²) >= 11 is 0. The molecule has 0 amide bonds. The SMILES string of the molecule is CN(C)c1ccc(/C=C/C23Oc4ccc([N+](=O)[O-])cc4CN2c2ccccc2C3(C)C)cc1. The van der Waals surface area contributed by atoms with Gasteiger partial charge in [-0.1, -0.05) is 36.4 Å². The average molecular weight is 442 g/mol. The minimum Gasteiger partial charge on any atom is -0.463 e. The number of benzene rings is 3. The van der Waals surface area contributed by atoms with Gasteiger partial charge in [0.15, 0.2) is 0 Å². The third-order valence-electron chi connectivity index (χ3n) is 6.92. The fraction of sp³-hybridized carbons (Fsp3) is 0.259. The number of nitro benzene ring substituents is 1. The smallest absolute Gasteiger partial charge is 0.270 e. The summed E-state index contributed by atoms with van der Waals surface area (Å²) in [7, 11) is 4.05. The predicted molar refractivity (Wildman–Crippen MR) is 132 cm³/mol. The summed E-state index contributed by atoms with van der Waals surface area (Å²) < 4.78 is 6.77. The van der Waals surface area contributed by atoms with E-state index in [-0.39, 0.29) is 16.0 Å². The molecule has 3 aromatic carbocycles. The van der Waals surface area contributed by atoms with Gasteiger partial charge in [-0.3, -0.25) is 10.1 Å². The molecule has 0 aromatic heterocycles. The molecule has 2 heterocycles. The van der Waals surface area contributed by atoms with E-state index < -0.39 is 5.72 Å². The first-order chi connectivity index (χ1) is 15.7. The van der Waals surface area contributed by atoms with Crippen molar-refractivity contribution in [1.82, 2.24) is 0 Å². The van der Waals surface area contributed by atoms with Gasteiger partial charge in [0, 0.05) is 43.2 Å². The minimum atomic E-state index is -0.764. The number of nitrogens with zero attached hydrogens (tertiary/aromatic N) is 3. The zero-order valence-electron chi connectivity index (χ0n) is 19.3. The molecule has 0 saturated carbocycles. The highest BCUT2D eigenvalue weighted by atomic mass is 16.6. The van der Waals surface area contributed by atoms with Crippen LogP contribution in [0.3, 0.4) is 0 Å². The van der Waals surface area contributed by atoms with Crippen LogP contribution in [0.4, 0.5) is 17.1 Å². The van der Waals surface area contributed by atoms with Gasteiger partial charge >= 0.3 is 0 Å². The number of hydrogen-bond donors (Lipinski definition) is 0. The molecule has 0 radical (unpaired) electrons. The zero-order valence-corrected chi connectivity index (χ0v) is 19.3. The van der Waals surface area contributed by atoms with Crippen molar-refractivity contribution in [2.75, 3.05) is 23.9 Å². The van der Waals surface area contributed by atoms with Crippen molar-refractivity contribution < 1.29 is 9.66 Å². The summed E-state index contributed by atoms with van der Waals surface area (Å²) in [5.74, 6) is 0.685. The van der Waals surface area contributed by atoms with E-state index in [1.54, 1.807) is 12.1 Å². The zero-order chi connectivity index (χ0) is 23.4. The maximum absolute atomic E-state index is 11.3. The van der Waals surface area contributed by atoms with Crippen molar-refractivity contribution in [3.63, 3.8) is 0 Å². The number of hydrogen-bond acceptors (Lipinski definition) is 5. The number of non-ortho nitro benzene ring substituents is 1. The molecular weight excluding hydrogens is 414 g/mol. The second-order valence-electron chi connectivity index (χ2n) is 9.40. The summed E-state index contributed by atoms with van der Waals surface area (Å²) in [4.78, 5) is 15.3. The van der Waals surface area contributed by atoms with E-state index >= 15 is 0 Å². The topological polar surface area (TPSA) is 58.9 Å². The lowest BCUT2D eigenvalue weighted by atomic mass is 9.76. The molecule has 5 rings (SSSR count). The highest BCUT2D eigenvalue weighted by Crippen LogP contribution is 2.56. The van der Waals surface area contributed by atoms with E-state index in [0.717, 1.165) is 22.5 Å². The maximum Gasteiger partial charge on any atom is 0.270 e. The molecule has 0 aliphatic carbocycles. The molecule has 6 heteroatoms. The number of ether oxygens (including phenoxy) is 1.